The number of nitrogens with one attached hydrogen (secondary N) is 2. The molecule has 4 heteroatoms. The summed E-state index contributed by atoms with van der Waals surface area (Å²) in [5, 5.41) is 6.21. The van der Waals surface area contributed by atoms with Crippen LogP contribution in [0.1, 0.15) is 37.5 Å². The summed E-state index contributed by atoms with van der Waals surface area (Å²) in [6, 6.07) is 18.5. The smallest absolute Gasteiger partial charge is 0.407 e. The van der Waals surface area contributed by atoms with E-state index >= 15 is 0 Å². The molecular weight excluding hydrogens is 300 g/mol. The number of hydrogen-bond donors (Lipinski definition) is 2. The van der Waals surface area contributed by atoms with Gasteiger partial charge in [-0.2, -0.15) is 0 Å². The van der Waals surface area contributed by atoms with Gasteiger partial charge in [-0.15, -0.1) is 0 Å². The zero-order valence-corrected chi connectivity index (χ0v) is 14.6. The molecule has 0 aromatic heterocycles. The van der Waals surface area contributed by atoms with Crippen molar-refractivity contribution in [3.63, 3.8) is 0 Å². The Bertz CT molecular complexity index is 648. The first-order chi connectivity index (χ1) is 11.4. The minimum absolute atomic E-state index is 0.393. The molecule has 0 spiro atoms. The van der Waals surface area contributed by atoms with E-state index < -0.39 is 11.7 Å². The van der Waals surface area contributed by atoms with E-state index in [0.29, 0.717) is 6.54 Å². The minimum Gasteiger partial charge on any atom is -0.444 e. The first kappa shape index (κ1) is 18.0. The Morgan fingerprint density at radius 3 is 2.12 bits per heavy atom. The van der Waals surface area contributed by atoms with Crippen molar-refractivity contribution in [1.29, 1.82) is 0 Å². The van der Waals surface area contributed by atoms with E-state index in [2.05, 4.69) is 34.9 Å². The van der Waals surface area contributed by atoms with E-state index in [1.54, 1.807) is 0 Å². The van der Waals surface area contributed by atoms with Gasteiger partial charge in [0.15, 0.2) is 0 Å². The molecule has 0 radical (unpaired) electrons. The fourth-order valence-corrected chi connectivity index (χ4v) is 2.29. The molecule has 0 atom stereocenters. The molecule has 2 rings (SSSR count). The molecule has 0 fully saturated rings. The Kier molecular flexibility index (Phi) is 6.38. The van der Waals surface area contributed by atoms with Gasteiger partial charge >= 0.3 is 6.09 Å². The molecule has 0 heterocycles. The lowest BCUT2D eigenvalue weighted by Gasteiger charge is -2.19. The highest BCUT2D eigenvalue weighted by molar-refractivity contribution is 5.67. The molecule has 2 aromatic carbocycles. The third-order valence-electron chi connectivity index (χ3n) is 3.33. The van der Waals surface area contributed by atoms with Crippen molar-refractivity contribution in [3.05, 3.63) is 71.3 Å². The molecule has 0 saturated heterocycles. The Labute approximate surface area is 144 Å². The molecule has 1 amide bonds. The molecule has 4 nitrogen and oxygen atoms in total. The van der Waals surface area contributed by atoms with Crippen LogP contribution < -0.4 is 10.6 Å². The van der Waals surface area contributed by atoms with Gasteiger partial charge in [0.05, 0.1) is 0 Å². The maximum Gasteiger partial charge on any atom is 0.407 e. The highest BCUT2D eigenvalue weighted by Crippen LogP contribution is 2.08. The lowest BCUT2D eigenvalue weighted by molar-refractivity contribution is 0.0523. The number of benzene rings is 2. The van der Waals surface area contributed by atoms with Crippen LogP contribution in [0.2, 0.25) is 0 Å². The Balaban J connectivity index is 1.79. The van der Waals surface area contributed by atoms with Crippen LogP contribution in [0.4, 0.5) is 4.79 Å². The first-order valence-corrected chi connectivity index (χ1v) is 8.22. The fourth-order valence-electron chi connectivity index (χ4n) is 2.29. The van der Waals surface area contributed by atoms with Gasteiger partial charge in [-0.25, -0.2) is 4.79 Å². The summed E-state index contributed by atoms with van der Waals surface area (Å²) < 4.78 is 5.24. The summed E-state index contributed by atoms with van der Waals surface area (Å²) in [5.74, 6) is 0. The van der Waals surface area contributed by atoms with E-state index in [1.165, 1.54) is 11.1 Å². The number of carbonyl (C=O) groups excluding carboxylic acids is 1. The largest absolute Gasteiger partial charge is 0.444 e. The highest BCUT2D eigenvalue weighted by atomic mass is 16.6. The fraction of sp³-hybridized carbons (Fsp3) is 0.350. The molecule has 24 heavy (non-hydrogen) atoms. The van der Waals surface area contributed by atoms with Gasteiger partial charge in [0, 0.05) is 19.6 Å². The predicted octanol–water partition coefficient (Wildman–Crippen LogP) is 4.00. The van der Waals surface area contributed by atoms with Crippen molar-refractivity contribution in [2.45, 2.75) is 46.0 Å². The normalized spacial score (nSPS) is 11.1. The Morgan fingerprint density at radius 1 is 0.875 bits per heavy atom. The molecule has 0 aliphatic carbocycles. The summed E-state index contributed by atoms with van der Waals surface area (Å²) in [4.78, 5) is 11.7. The predicted molar refractivity (Wildman–Crippen MR) is 96.5 cm³/mol. The number of rotatable bonds is 6. The molecule has 0 bridgehead atoms. The van der Waals surface area contributed by atoms with Crippen molar-refractivity contribution in [2.75, 3.05) is 0 Å². The summed E-state index contributed by atoms with van der Waals surface area (Å²) in [7, 11) is 0. The SMILES string of the molecule is CC(C)(C)OC(=O)NCc1cccc(CNCc2ccccc2)c1. The summed E-state index contributed by atoms with van der Waals surface area (Å²) in [5.41, 5.74) is 3.03. The van der Waals surface area contributed by atoms with Gasteiger partial charge < -0.3 is 15.4 Å². The molecule has 2 aromatic rings. The van der Waals surface area contributed by atoms with Crippen molar-refractivity contribution in [3.8, 4) is 0 Å². The third-order valence-corrected chi connectivity index (χ3v) is 3.33. The maximum absolute atomic E-state index is 11.7. The van der Waals surface area contributed by atoms with Gasteiger partial charge in [0.2, 0.25) is 0 Å². The monoisotopic (exact) mass is 326 g/mol. The second kappa shape index (κ2) is 8.50. The number of amides is 1. The zero-order chi connectivity index (χ0) is 17.4. The summed E-state index contributed by atoms with van der Waals surface area (Å²) in [6.07, 6.45) is -0.393. The minimum atomic E-state index is -0.479. The van der Waals surface area contributed by atoms with E-state index in [-0.39, 0.29) is 0 Å². The number of carbonyl (C=O) groups is 1. The van der Waals surface area contributed by atoms with Gasteiger partial charge in [-0.3, -0.25) is 0 Å². The molecular formula is C20H26N2O2. The van der Waals surface area contributed by atoms with E-state index in [1.807, 2.05) is 51.1 Å². The average molecular weight is 326 g/mol. The first-order valence-electron chi connectivity index (χ1n) is 8.22. The van der Waals surface area contributed by atoms with Crippen molar-refractivity contribution < 1.29 is 9.53 Å². The van der Waals surface area contributed by atoms with Gasteiger partial charge in [0.1, 0.15) is 5.60 Å². The van der Waals surface area contributed by atoms with Gasteiger partial charge in [0.25, 0.3) is 0 Å². The highest BCUT2D eigenvalue weighted by Gasteiger charge is 2.15. The topological polar surface area (TPSA) is 50.4 Å². The zero-order valence-electron chi connectivity index (χ0n) is 14.6. The standard InChI is InChI=1S/C20H26N2O2/c1-20(2,3)24-19(23)22-15-18-11-7-10-17(12-18)14-21-13-16-8-5-4-6-9-16/h4-12,21H,13-15H2,1-3H3,(H,22,23). The second-order valence-corrected chi connectivity index (χ2v) is 6.76. The molecule has 0 saturated carbocycles. The maximum atomic E-state index is 11.7. The lowest BCUT2D eigenvalue weighted by atomic mass is 10.1. The van der Waals surface area contributed by atoms with Crippen LogP contribution in [0, 0.1) is 0 Å². The van der Waals surface area contributed by atoms with E-state index in [4.69, 9.17) is 4.74 Å². The van der Waals surface area contributed by atoms with Crippen LogP contribution >= 0.6 is 0 Å². The molecule has 0 aliphatic heterocycles. The third kappa shape index (κ3) is 6.84. The number of ether oxygens (including phenoxy) is 1. The van der Waals surface area contributed by atoms with Crippen LogP contribution in [0.5, 0.6) is 0 Å². The van der Waals surface area contributed by atoms with E-state index in [9.17, 15) is 4.79 Å². The van der Waals surface area contributed by atoms with Crippen molar-refractivity contribution >= 4 is 6.09 Å². The average Bonchev–Trinajstić information content (AvgIpc) is 2.53. The molecule has 0 aliphatic rings. The number of hydrogen-bond acceptors (Lipinski definition) is 3. The second-order valence-electron chi connectivity index (χ2n) is 6.76. The van der Waals surface area contributed by atoms with Gasteiger partial charge in [-0.05, 0) is 37.5 Å². The van der Waals surface area contributed by atoms with Crippen molar-refractivity contribution in [2.24, 2.45) is 0 Å². The van der Waals surface area contributed by atoms with Crippen LogP contribution in [0.3, 0.4) is 0 Å². The Hall–Kier alpha value is -2.33. The van der Waals surface area contributed by atoms with Crippen LogP contribution in [0.25, 0.3) is 0 Å². The summed E-state index contributed by atoms with van der Waals surface area (Å²) in [6.45, 7) is 7.64. The quantitative estimate of drug-likeness (QED) is 0.843. The van der Waals surface area contributed by atoms with Gasteiger partial charge in [-0.1, -0.05) is 54.6 Å². The Morgan fingerprint density at radius 2 is 1.46 bits per heavy atom. The van der Waals surface area contributed by atoms with Crippen LogP contribution in [-0.2, 0) is 24.4 Å². The molecule has 128 valence electrons. The number of alkyl carbamates (subject to hydrolysis) is 1. The molecule has 2 N–H and O–H groups in total. The van der Waals surface area contributed by atoms with Crippen LogP contribution in [-0.4, -0.2) is 11.7 Å². The summed E-state index contributed by atoms with van der Waals surface area (Å²) >= 11 is 0. The van der Waals surface area contributed by atoms with E-state index in [0.717, 1.165) is 18.7 Å². The van der Waals surface area contributed by atoms with Crippen molar-refractivity contribution in [1.82, 2.24) is 10.6 Å². The molecule has 0 unspecified atom stereocenters. The lowest BCUT2D eigenvalue weighted by Crippen LogP contribution is -2.32. The van der Waals surface area contributed by atoms with Crippen LogP contribution in [0.15, 0.2) is 54.6 Å².